The first-order chi connectivity index (χ1) is 26.9. The van der Waals surface area contributed by atoms with Gasteiger partial charge in [0.2, 0.25) is 0 Å². The van der Waals surface area contributed by atoms with Crippen molar-refractivity contribution in [1.29, 1.82) is 0 Å². The lowest BCUT2D eigenvalue weighted by Crippen LogP contribution is -2.30. The molecule has 0 bridgehead atoms. The molecule has 0 N–H and O–H groups in total. The Morgan fingerprint density at radius 1 is 0.364 bits per heavy atom. The van der Waals surface area contributed by atoms with E-state index in [1.807, 2.05) is 0 Å². The van der Waals surface area contributed by atoms with Crippen LogP contribution in [0, 0.1) is 5.92 Å². The van der Waals surface area contributed by atoms with Gasteiger partial charge in [-0.05, 0) is 25.2 Å². The number of ether oxygens (including phenoxy) is 3. The predicted octanol–water partition coefficient (Wildman–Crippen LogP) is 15.5. The highest BCUT2D eigenvalue weighted by Crippen LogP contribution is 2.17. The number of esters is 3. The van der Waals surface area contributed by atoms with E-state index in [4.69, 9.17) is 14.2 Å². The molecule has 0 aromatic heterocycles. The van der Waals surface area contributed by atoms with Crippen molar-refractivity contribution in [3.63, 3.8) is 0 Å². The van der Waals surface area contributed by atoms with Gasteiger partial charge in [0, 0.05) is 19.3 Å². The molecular formula is C49H94O6. The first-order valence-electron chi connectivity index (χ1n) is 24.4. The van der Waals surface area contributed by atoms with Crippen LogP contribution >= 0.6 is 0 Å². The van der Waals surface area contributed by atoms with Gasteiger partial charge in [-0.15, -0.1) is 0 Å². The molecule has 55 heavy (non-hydrogen) atoms. The van der Waals surface area contributed by atoms with Gasteiger partial charge < -0.3 is 14.2 Å². The molecule has 0 aliphatic rings. The van der Waals surface area contributed by atoms with Crippen LogP contribution in [0.25, 0.3) is 0 Å². The van der Waals surface area contributed by atoms with Crippen LogP contribution in [0.15, 0.2) is 0 Å². The van der Waals surface area contributed by atoms with Gasteiger partial charge in [0.25, 0.3) is 0 Å². The molecule has 0 saturated heterocycles. The fourth-order valence-electron chi connectivity index (χ4n) is 7.30. The minimum atomic E-state index is -0.760. The largest absolute Gasteiger partial charge is 0.462 e. The van der Waals surface area contributed by atoms with Gasteiger partial charge in [0.15, 0.2) is 6.10 Å². The Morgan fingerprint density at radius 3 is 0.945 bits per heavy atom. The van der Waals surface area contributed by atoms with E-state index in [1.54, 1.807) is 0 Å². The second kappa shape index (κ2) is 43.5. The summed E-state index contributed by atoms with van der Waals surface area (Å²) in [5.74, 6) is -0.0443. The van der Waals surface area contributed by atoms with Crippen LogP contribution in [0.5, 0.6) is 0 Å². The topological polar surface area (TPSA) is 78.9 Å². The number of carbonyl (C=O) groups excluding carboxylic acids is 3. The summed E-state index contributed by atoms with van der Waals surface area (Å²) in [6.07, 6.45) is 43.8. The zero-order valence-electron chi connectivity index (χ0n) is 37.4. The third-order valence-electron chi connectivity index (χ3n) is 11.4. The second-order valence-electron chi connectivity index (χ2n) is 17.0. The Labute approximate surface area is 342 Å². The van der Waals surface area contributed by atoms with Gasteiger partial charge in [0.1, 0.15) is 13.2 Å². The summed E-state index contributed by atoms with van der Waals surface area (Å²) < 4.78 is 16.7. The predicted molar refractivity (Wildman–Crippen MR) is 233 cm³/mol. The van der Waals surface area contributed by atoms with Crippen molar-refractivity contribution in [2.45, 2.75) is 278 Å². The van der Waals surface area contributed by atoms with Gasteiger partial charge in [0.05, 0.1) is 0 Å². The van der Waals surface area contributed by atoms with Crippen molar-refractivity contribution in [2.24, 2.45) is 5.92 Å². The Bertz CT molecular complexity index is 828. The normalized spacial score (nSPS) is 12.4. The van der Waals surface area contributed by atoms with Crippen molar-refractivity contribution in [1.82, 2.24) is 0 Å². The van der Waals surface area contributed by atoms with Crippen LogP contribution in [0.1, 0.15) is 272 Å². The summed E-state index contributed by atoms with van der Waals surface area (Å²) in [5, 5.41) is 0. The maximum atomic E-state index is 12.7. The molecule has 2 atom stereocenters. The lowest BCUT2D eigenvalue weighted by molar-refractivity contribution is -0.167. The van der Waals surface area contributed by atoms with Crippen molar-refractivity contribution in [2.75, 3.05) is 13.2 Å². The molecule has 0 radical (unpaired) electrons. The monoisotopic (exact) mass is 779 g/mol. The maximum Gasteiger partial charge on any atom is 0.306 e. The molecule has 0 fully saturated rings. The SMILES string of the molecule is CCCCCCCCCCCCCCCCCCCC(=O)OC[C@@H](COC(=O)CCCCCCCCCCCC)OC(=O)CCCCCCCCC(C)CC. The lowest BCUT2D eigenvalue weighted by Gasteiger charge is -2.18. The third-order valence-corrected chi connectivity index (χ3v) is 11.4. The summed E-state index contributed by atoms with van der Waals surface area (Å²) >= 11 is 0. The van der Waals surface area contributed by atoms with Crippen molar-refractivity contribution >= 4 is 17.9 Å². The maximum absolute atomic E-state index is 12.7. The van der Waals surface area contributed by atoms with Gasteiger partial charge in [-0.3, -0.25) is 14.4 Å². The number of hydrogen-bond donors (Lipinski definition) is 0. The highest BCUT2D eigenvalue weighted by Gasteiger charge is 2.19. The average molecular weight is 779 g/mol. The summed E-state index contributed by atoms with van der Waals surface area (Å²) in [5.41, 5.74) is 0. The van der Waals surface area contributed by atoms with Crippen LogP contribution in [-0.4, -0.2) is 37.2 Å². The Morgan fingerprint density at radius 2 is 0.636 bits per heavy atom. The molecule has 326 valence electrons. The Balaban J connectivity index is 4.25. The molecule has 0 amide bonds. The van der Waals surface area contributed by atoms with E-state index in [9.17, 15) is 14.4 Å². The zero-order valence-corrected chi connectivity index (χ0v) is 37.4. The summed E-state index contributed by atoms with van der Waals surface area (Å²) in [7, 11) is 0. The summed E-state index contributed by atoms with van der Waals surface area (Å²) in [6.45, 7) is 8.97. The van der Waals surface area contributed by atoms with Gasteiger partial charge >= 0.3 is 17.9 Å². The molecule has 0 heterocycles. The van der Waals surface area contributed by atoms with Crippen LogP contribution in [0.4, 0.5) is 0 Å². The van der Waals surface area contributed by atoms with E-state index in [1.165, 1.54) is 167 Å². The van der Waals surface area contributed by atoms with Crippen LogP contribution < -0.4 is 0 Å². The summed E-state index contributed by atoms with van der Waals surface area (Å²) in [4.78, 5) is 37.7. The molecule has 1 unspecified atom stereocenters. The van der Waals surface area contributed by atoms with E-state index in [-0.39, 0.29) is 31.1 Å². The minimum Gasteiger partial charge on any atom is -0.462 e. The standard InChI is InChI=1S/C49H94O6/c1-5-8-10-12-14-16-18-19-20-21-22-23-24-26-28-33-37-41-48(51)54-44-46(55-49(52)42-38-34-30-29-31-35-39-45(4)7-3)43-53-47(50)40-36-32-27-25-17-15-13-11-9-6-2/h45-46H,5-44H2,1-4H3/t45?,46-/m1/s1. The molecule has 0 aliphatic heterocycles. The highest BCUT2D eigenvalue weighted by atomic mass is 16.6. The fraction of sp³-hybridized carbons (Fsp3) is 0.939. The van der Waals surface area contributed by atoms with Gasteiger partial charge in [-0.2, -0.15) is 0 Å². The number of hydrogen-bond acceptors (Lipinski definition) is 6. The van der Waals surface area contributed by atoms with E-state index in [0.717, 1.165) is 63.7 Å². The third kappa shape index (κ3) is 41.9. The first-order valence-corrected chi connectivity index (χ1v) is 24.4. The molecule has 0 aliphatic carbocycles. The van der Waals surface area contributed by atoms with E-state index < -0.39 is 6.10 Å². The van der Waals surface area contributed by atoms with Crippen molar-refractivity contribution < 1.29 is 28.6 Å². The molecule has 0 rings (SSSR count). The molecule has 0 aromatic rings. The van der Waals surface area contributed by atoms with Crippen LogP contribution in [-0.2, 0) is 28.6 Å². The summed E-state index contributed by atoms with van der Waals surface area (Å²) in [6, 6.07) is 0. The first kappa shape index (κ1) is 53.4. The molecule has 6 heteroatoms. The van der Waals surface area contributed by atoms with E-state index >= 15 is 0 Å². The van der Waals surface area contributed by atoms with Crippen LogP contribution in [0.3, 0.4) is 0 Å². The van der Waals surface area contributed by atoms with E-state index in [0.29, 0.717) is 19.3 Å². The molecule has 0 saturated carbocycles. The number of rotatable bonds is 44. The molecule has 0 spiro atoms. The number of unbranched alkanes of at least 4 members (excludes halogenated alkanes) is 30. The zero-order chi connectivity index (χ0) is 40.3. The van der Waals surface area contributed by atoms with Crippen LogP contribution in [0.2, 0.25) is 0 Å². The number of carbonyl (C=O) groups is 3. The average Bonchev–Trinajstić information content (AvgIpc) is 3.18. The minimum absolute atomic E-state index is 0.0642. The lowest BCUT2D eigenvalue weighted by atomic mass is 10.00. The molecule has 6 nitrogen and oxygen atoms in total. The molecule has 0 aromatic carbocycles. The Kier molecular flexibility index (Phi) is 42.3. The highest BCUT2D eigenvalue weighted by molar-refractivity contribution is 5.71. The van der Waals surface area contributed by atoms with Gasteiger partial charge in [-0.1, -0.05) is 233 Å². The van der Waals surface area contributed by atoms with E-state index in [2.05, 4.69) is 27.7 Å². The second-order valence-corrected chi connectivity index (χ2v) is 17.0. The van der Waals surface area contributed by atoms with Crippen molar-refractivity contribution in [3.8, 4) is 0 Å². The van der Waals surface area contributed by atoms with Gasteiger partial charge in [-0.25, -0.2) is 0 Å². The smallest absolute Gasteiger partial charge is 0.306 e. The Hall–Kier alpha value is -1.59. The van der Waals surface area contributed by atoms with Crippen molar-refractivity contribution in [3.05, 3.63) is 0 Å². The fourth-order valence-corrected chi connectivity index (χ4v) is 7.30. The quantitative estimate of drug-likeness (QED) is 0.0348. The molecular weight excluding hydrogens is 685 g/mol.